The third kappa shape index (κ3) is 4.61. The number of aromatic nitrogens is 1. The van der Waals surface area contributed by atoms with Gasteiger partial charge in [-0.25, -0.2) is 0 Å². The zero-order chi connectivity index (χ0) is 20.1. The van der Waals surface area contributed by atoms with E-state index in [0.29, 0.717) is 6.61 Å². The number of fused-ring (bicyclic) bond motifs is 2. The number of anilines is 1. The molecule has 0 saturated carbocycles. The Morgan fingerprint density at radius 2 is 1.93 bits per heavy atom. The lowest BCUT2D eigenvalue weighted by molar-refractivity contribution is 0.254. The summed E-state index contributed by atoms with van der Waals surface area (Å²) in [7, 11) is 1.73. The molecule has 0 atom stereocenters. The van der Waals surface area contributed by atoms with Crippen LogP contribution in [-0.4, -0.2) is 49.8 Å². The molecule has 29 heavy (non-hydrogen) atoms. The average Bonchev–Trinajstić information content (AvgIpc) is 3.42. The van der Waals surface area contributed by atoms with Gasteiger partial charge in [-0.3, -0.25) is 4.98 Å². The molecule has 5 nitrogen and oxygen atoms in total. The van der Waals surface area contributed by atoms with Gasteiger partial charge in [-0.05, 0) is 69.7 Å². The van der Waals surface area contributed by atoms with Crippen LogP contribution >= 0.6 is 0 Å². The molecular formula is C24H35N3O2. The zero-order valence-corrected chi connectivity index (χ0v) is 18.1. The number of hydrogen-bond acceptors (Lipinski definition) is 5. The summed E-state index contributed by atoms with van der Waals surface area (Å²) in [6.07, 6.45) is 9.47. The van der Waals surface area contributed by atoms with Gasteiger partial charge >= 0.3 is 0 Å². The van der Waals surface area contributed by atoms with Crippen molar-refractivity contribution in [1.29, 1.82) is 0 Å². The van der Waals surface area contributed by atoms with Gasteiger partial charge in [-0.15, -0.1) is 0 Å². The van der Waals surface area contributed by atoms with Crippen LogP contribution in [0.3, 0.4) is 0 Å². The Bertz CT molecular complexity index is 831. The first-order chi connectivity index (χ1) is 14.3. The molecule has 0 unspecified atom stereocenters. The Morgan fingerprint density at radius 3 is 2.72 bits per heavy atom. The summed E-state index contributed by atoms with van der Waals surface area (Å²) >= 11 is 0. The van der Waals surface area contributed by atoms with E-state index in [1.54, 1.807) is 7.11 Å². The third-order valence-corrected chi connectivity index (χ3v) is 6.20. The summed E-state index contributed by atoms with van der Waals surface area (Å²) in [6, 6.07) is 4.19. The fourth-order valence-corrected chi connectivity index (χ4v) is 4.61. The topological polar surface area (TPSA) is 46.6 Å². The van der Waals surface area contributed by atoms with E-state index in [-0.39, 0.29) is 0 Å². The fourth-order valence-electron chi connectivity index (χ4n) is 4.61. The van der Waals surface area contributed by atoms with Gasteiger partial charge in [-0.2, -0.15) is 0 Å². The number of unbranched alkanes of at least 4 members (excludes halogenated alkanes) is 1. The largest absolute Gasteiger partial charge is 0.493 e. The first kappa shape index (κ1) is 20.3. The van der Waals surface area contributed by atoms with Gasteiger partial charge in [0.2, 0.25) is 0 Å². The first-order valence-corrected chi connectivity index (χ1v) is 11.4. The van der Waals surface area contributed by atoms with Crippen LogP contribution in [0.2, 0.25) is 0 Å². The second-order valence-electron chi connectivity index (χ2n) is 8.32. The van der Waals surface area contributed by atoms with E-state index < -0.39 is 0 Å². The van der Waals surface area contributed by atoms with Crippen LogP contribution in [0.1, 0.15) is 56.7 Å². The molecule has 1 aromatic carbocycles. The molecular weight excluding hydrogens is 362 g/mol. The van der Waals surface area contributed by atoms with Crippen molar-refractivity contribution in [2.75, 3.05) is 45.2 Å². The maximum atomic E-state index is 6.14. The molecule has 2 aliphatic rings. The van der Waals surface area contributed by atoms with Crippen LogP contribution in [0.25, 0.3) is 10.9 Å². The highest BCUT2D eigenvalue weighted by molar-refractivity contribution is 5.96. The zero-order valence-electron chi connectivity index (χ0n) is 18.1. The van der Waals surface area contributed by atoms with Crippen molar-refractivity contribution in [3.8, 4) is 11.5 Å². The van der Waals surface area contributed by atoms with Gasteiger partial charge in [0.15, 0.2) is 11.5 Å². The van der Waals surface area contributed by atoms with Crippen molar-refractivity contribution < 1.29 is 9.47 Å². The Kier molecular flexibility index (Phi) is 6.75. The molecule has 2 heterocycles. The van der Waals surface area contributed by atoms with Crippen molar-refractivity contribution in [3.63, 3.8) is 0 Å². The van der Waals surface area contributed by atoms with Crippen LogP contribution in [0.5, 0.6) is 11.5 Å². The third-order valence-electron chi connectivity index (χ3n) is 6.20. The molecule has 5 heteroatoms. The molecule has 1 saturated heterocycles. The number of aryl methyl sites for hydroxylation is 1. The maximum absolute atomic E-state index is 6.14. The summed E-state index contributed by atoms with van der Waals surface area (Å²) < 4.78 is 11.8. The minimum absolute atomic E-state index is 0.713. The molecule has 0 amide bonds. The highest BCUT2D eigenvalue weighted by Gasteiger charge is 2.21. The highest BCUT2D eigenvalue weighted by Crippen LogP contribution is 2.39. The molecule has 1 N–H and O–H groups in total. The van der Waals surface area contributed by atoms with E-state index in [9.17, 15) is 0 Å². The van der Waals surface area contributed by atoms with Gasteiger partial charge < -0.3 is 19.7 Å². The van der Waals surface area contributed by atoms with Crippen LogP contribution in [0.15, 0.2) is 12.1 Å². The van der Waals surface area contributed by atoms with Crippen molar-refractivity contribution in [3.05, 3.63) is 23.4 Å². The second-order valence-corrected chi connectivity index (χ2v) is 8.32. The fraction of sp³-hybridized carbons (Fsp3) is 0.625. The predicted octanol–water partition coefficient (Wildman–Crippen LogP) is 4.81. The Morgan fingerprint density at radius 1 is 1.07 bits per heavy atom. The van der Waals surface area contributed by atoms with Crippen molar-refractivity contribution >= 4 is 16.6 Å². The highest BCUT2D eigenvalue weighted by atomic mass is 16.5. The van der Waals surface area contributed by atoms with Crippen molar-refractivity contribution in [2.24, 2.45) is 0 Å². The Labute approximate surface area is 174 Å². The van der Waals surface area contributed by atoms with E-state index in [2.05, 4.69) is 29.3 Å². The molecule has 2 aromatic rings. The normalized spacial score (nSPS) is 16.3. The van der Waals surface area contributed by atoms with E-state index in [1.807, 2.05) is 0 Å². The molecule has 1 aromatic heterocycles. The van der Waals surface area contributed by atoms with Gasteiger partial charge in [-0.1, -0.05) is 13.3 Å². The number of benzene rings is 1. The molecule has 0 radical (unpaired) electrons. The van der Waals surface area contributed by atoms with Crippen LogP contribution in [0, 0.1) is 0 Å². The minimum Gasteiger partial charge on any atom is -0.493 e. The monoisotopic (exact) mass is 397 g/mol. The summed E-state index contributed by atoms with van der Waals surface area (Å²) in [6.45, 7) is 7.54. The van der Waals surface area contributed by atoms with Crippen molar-refractivity contribution in [2.45, 2.75) is 58.3 Å². The molecule has 1 aliphatic carbocycles. The first-order valence-electron chi connectivity index (χ1n) is 11.4. The summed E-state index contributed by atoms with van der Waals surface area (Å²) in [5, 5.41) is 4.86. The number of nitrogens with one attached hydrogen (secondary N) is 1. The number of pyridine rings is 1. The van der Waals surface area contributed by atoms with Crippen molar-refractivity contribution in [1.82, 2.24) is 9.88 Å². The lowest BCUT2D eigenvalue weighted by atomic mass is 10.1. The number of nitrogens with zero attached hydrogens (tertiary/aromatic N) is 2. The number of rotatable bonds is 10. The summed E-state index contributed by atoms with van der Waals surface area (Å²) in [5.74, 6) is 1.61. The average molecular weight is 398 g/mol. The number of methoxy groups -OCH3 is 1. The number of hydrogen-bond donors (Lipinski definition) is 1. The summed E-state index contributed by atoms with van der Waals surface area (Å²) in [4.78, 5) is 7.52. The van der Waals surface area contributed by atoms with Crippen LogP contribution in [-0.2, 0) is 12.8 Å². The second kappa shape index (κ2) is 9.66. The molecule has 0 bridgehead atoms. The van der Waals surface area contributed by atoms with E-state index in [1.165, 1.54) is 62.1 Å². The van der Waals surface area contributed by atoms with Gasteiger partial charge in [0, 0.05) is 35.9 Å². The van der Waals surface area contributed by atoms with E-state index in [4.69, 9.17) is 14.5 Å². The Hall–Kier alpha value is -2.01. The van der Waals surface area contributed by atoms with Gasteiger partial charge in [0.05, 0.1) is 19.2 Å². The number of ether oxygens (including phenoxy) is 2. The molecule has 0 spiro atoms. The molecule has 1 aliphatic heterocycles. The molecule has 158 valence electrons. The van der Waals surface area contributed by atoms with Crippen LogP contribution < -0.4 is 14.8 Å². The lowest BCUT2D eigenvalue weighted by Crippen LogP contribution is -2.21. The smallest absolute Gasteiger partial charge is 0.163 e. The lowest BCUT2D eigenvalue weighted by Gasteiger charge is -2.18. The Balaban J connectivity index is 1.55. The molecule has 1 fully saturated rings. The number of likely N-dealkylation sites (tertiary alicyclic amines) is 1. The molecule has 4 rings (SSSR count). The van der Waals surface area contributed by atoms with E-state index >= 15 is 0 Å². The quantitative estimate of drug-likeness (QED) is 0.583. The maximum Gasteiger partial charge on any atom is 0.163 e. The van der Waals surface area contributed by atoms with Gasteiger partial charge in [0.25, 0.3) is 0 Å². The van der Waals surface area contributed by atoms with Crippen LogP contribution in [0.4, 0.5) is 5.69 Å². The van der Waals surface area contributed by atoms with Gasteiger partial charge in [0.1, 0.15) is 0 Å². The standard InChI is InChI=1S/C24H35N3O2/c1-3-4-11-25-24-18-9-7-10-20(18)26-21-17-23(22(28-2)16-19(21)24)29-15-8-14-27-12-5-6-13-27/h16-17H,3-15H2,1-2H3,(H,25,26). The predicted molar refractivity (Wildman–Crippen MR) is 120 cm³/mol. The SMILES string of the molecule is CCCCNc1c2c(nc3cc(OCCCN4CCCC4)c(OC)cc13)CCC2. The summed E-state index contributed by atoms with van der Waals surface area (Å²) in [5.41, 5.74) is 4.92. The van der Waals surface area contributed by atoms with E-state index in [0.717, 1.165) is 54.8 Å². The minimum atomic E-state index is 0.713.